The fourth-order valence-corrected chi connectivity index (χ4v) is 4.74. The van der Waals surface area contributed by atoms with Crippen molar-refractivity contribution in [2.75, 3.05) is 13.7 Å². The van der Waals surface area contributed by atoms with Crippen LogP contribution < -0.4 is 5.32 Å². The van der Waals surface area contributed by atoms with E-state index in [1.165, 1.54) is 19.2 Å². The van der Waals surface area contributed by atoms with Crippen molar-refractivity contribution in [1.82, 2.24) is 9.79 Å². The van der Waals surface area contributed by atoms with Crippen molar-refractivity contribution in [2.45, 2.75) is 36.4 Å². The van der Waals surface area contributed by atoms with Gasteiger partial charge < -0.3 is 10.1 Å². The Labute approximate surface area is 179 Å². The van der Waals surface area contributed by atoms with Gasteiger partial charge in [0.15, 0.2) is 0 Å². The standard InChI is InChI=1S/C20H23N3O7S/c1-29-20(24)19-12-9-17(13-21-19)23(30-14-15-5-3-2-4-6-15)31(27,28)18-10-7-16(8-11-18)22(25)26/h2-8,10-11,17,19,21H,9,12-14H2,1H3/t17-,19+/m1/s1. The van der Waals surface area contributed by atoms with E-state index in [-0.39, 0.29) is 23.7 Å². The van der Waals surface area contributed by atoms with Gasteiger partial charge in [-0.2, -0.15) is 0 Å². The van der Waals surface area contributed by atoms with Crippen molar-refractivity contribution < 1.29 is 27.7 Å². The number of nitrogens with one attached hydrogen (secondary N) is 1. The highest BCUT2D eigenvalue weighted by molar-refractivity contribution is 7.89. The monoisotopic (exact) mass is 449 g/mol. The van der Waals surface area contributed by atoms with Gasteiger partial charge >= 0.3 is 5.97 Å². The Bertz CT molecular complexity index is 1000. The van der Waals surface area contributed by atoms with Gasteiger partial charge in [0.25, 0.3) is 15.7 Å². The second-order valence-corrected chi connectivity index (χ2v) is 8.77. The summed E-state index contributed by atoms with van der Waals surface area (Å²) in [5, 5.41) is 13.9. The molecule has 0 unspecified atom stereocenters. The van der Waals surface area contributed by atoms with Crippen LogP contribution in [0.2, 0.25) is 0 Å². The molecule has 2 atom stereocenters. The zero-order chi connectivity index (χ0) is 22.4. The summed E-state index contributed by atoms with van der Waals surface area (Å²) in [7, 11) is -2.83. The van der Waals surface area contributed by atoms with Gasteiger partial charge in [-0.05, 0) is 30.5 Å². The summed E-state index contributed by atoms with van der Waals surface area (Å²) in [4.78, 5) is 27.7. The van der Waals surface area contributed by atoms with Crippen LogP contribution in [0.5, 0.6) is 0 Å². The summed E-state index contributed by atoms with van der Waals surface area (Å²) >= 11 is 0. The summed E-state index contributed by atoms with van der Waals surface area (Å²) in [6, 6.07) is 12.6. The number of hydroxylamine groups is 1. The maximum Gasteiger partial charge on any atom is 0.322 e. The van der Waals surface area contributed by atoms with Crippen molar-refractivity contribution in [3.8, 4) is 0 Å². The SMILES string of the molecule is COC(=O)[C@@H]1CC[C@@H](N(OCc2ccccc2)S(=O)(=O)c2ccc([N+](=O)[O-])cc2)CN1. The van der Waals surface area contributed by atoms with Crippen molar-refractivity contribution in [3.63, 3.8) is 0 Å². The topological polar surface area (TPSA) is 128 Å². The molecule has 1 fully saturated rings. The Kier molecular flexibility index (Phi) is 7.33. The first-order chi connectivity index (χ1) is 14.8. The maximum absolute atomic E-state index is 13.3. The highest BCUT2D eigenvalue weighted by atomic mass is 32.2. The van der Waals surface area contributed by atoms with Crippen molar-refractivity contribution in [2.24, 2.45) is 0 Å². The lowest BCUT2D eigenvalue weighted by atomic mass is 10.0. The van der Waals surface area contributed by atoms with Crippen LogP contribution in [0, 0.1) is 10.1 Å². The molecule has 1 aliphatic heterocycles. The van der Waals surface area contributed by atoms with Crippen LogP contribution in [0.1, 0.15) is 18.4 Å². The molecule has 0 spiro atoms. The number of nitro groups is 1. The van der Waals surface area contributed by atoms with E-state index in [4.69, 9.17) is 9.57 Å². The highest BCUT2D eigenvalue weighted by Crippen LogP contribution is 2.26. The first-order valence-corrected chi connectivity index (χ1v) is 11.0. The predicted molar refractivity (Wildman–Crippen MR) is 110 cm³/mol. The van der Waals surface area contributed by atoms with E-state index in [0.717, 1.165) is 22.2 Å². The van der Waals surface area contributed by atoms with Gasteiger partial charge in [-0.15, -0.1) is 0 Å². The molecule has 0 aromatic heterocycles. The molecule has 2 aromatic rings. The molecule has 0 saturated carbocycles. The molecule has 166 valence electrons. The highest BCUT2D eigenvalue weighted by Gasteiger charge is 2.37. The summed E-state index contributed by atoms with van der Waals surface area (Å²) < 4.78 is 32.3. The van der Waals surface area contributed by atoms with Crippen LogP contribution in [-0.4, -0.2) is 49.5 Å². The first-order valence-electron chi connectivity index (χ1n) is 9.60. The Morgan fingerprint density at radius 2 is 1.84 bits per heavy atom. The minimum Gasteiger partial charge on any atom is -0.468 e. The van der Waals surface area contributed by atoms with Gasteiger partial charge in [0.05, 0.1) is 29.6 Å². The van der Waals surface area contributed by atoms with Crippen LogP contribution >= 0.6 is 0 Å². The number of benzene rings is 2. The molecule has 11 heteroatoms. The predicted octanol–water partition coefficient (Wildman–Crippen LogP) is 2.01. The van der Waals surface area contributed by atoms with Gasteiger partial charge in [0.2, 0.25) is 0 Å². The molecule has 10 nitrogen and oxygen atoms in total. The fourth-order valence-electron chi connectivity index (χ4n) is 3.29. The zero-order valence-corrected chi connectivity index (χ0v) is 17.7. The summed E-state index contributed by atoms with van der Waals surface area (Å²) in [6.45, 7) is 0.199. The minimum absolute atomic E-state index is 0.0178. The van der Waals surface area contributed by atoms with Crippen molar-refractivity contribution >= 4 is 21.7 Å². The number of carbonyl (C=O) groups is 1. The van der Waals surface area contributed by atoms with Gasteiger partial charge in [-0.25, -0.2) is 8.42 Å². The molecular formula is C20H23N3O7S. The van der Waals surface area contributed by atoms with E-state index in [0.29, 0.717) is 12.8 Å². The Balaban J connectivity index is 1.84. The van der Waals surface area contributed by atoms with Crippen LogP contribution in [0.4, 0.5) is 5.69 Å². The number of nitro benzene ring substituents is 1. The van der Waals surface area contributed by atoms with E-state index in [2.05, 4.69) is 5.32 Å². The maximum atomic E-state index is 13.3. The number of piperidine rings is 1. The largest absolute Gasteiger partial charge is 0.468 e. The van der Waals surface area contributed by atoms with E-state index in [1.807, 2.05) is 30.3 Å². The number of methoxy groups -OCH3 is 1. The first kappa shape index (κ1) is 22.8. The van der Waals surface area contributed by atoms with Crippen molar-refractivity contribution in [1.29, 1.82) is 0 Å². The summed E-state index contributed by atoms with van der Waals surface area (Å²) in [6.07, 6.45) is 0.742. The molecular weight excluding hydrogens is 426 g/mol. The summed E-state index contributed by atoms with van der Waals surface area (Å²) in [5.41, 5.74) is 0.568. The second kappa shape index (κ2) is 9.96. The molecule has 31 heavy (non-hydrogen) atoms. The van der Waals surface area contributed by atoms with Gasteiger partial charge in [-0.3, -0.25) is 19.7 Å². The molecule has 1 N–H and O–H groups in total. The third-order valence-electron chi connectivity index (χ3n) is 4.96. The number of ether oxygens (including phenoxy) is 1. The van der Waals surface area contributed by atoms with E-state index in [9.17, 15) is 23.3 Å². The van der Waals surface area contributed by atoms with E-state index >= 15 is 0 Å². The van der Waals surface area contributed by atoms with Gasteiger partial charge in [0, 0.05) is 18.7 Å². The third kappa shape index (κ3) is 5.44. The Morgan fingerprint density at radius 3 is 2.39 bits per heavy atom. The van der Waals surface area contributed by atoms with Crippen LogP contribution in [0.3, 0.4) is 0 Å². The molecule has 1 heterocycles. The third-order valence-corrected chi connectivity index (χ3v) is 6.70. The molecule has 2 aromatic carbocycles. The lowest BCUT2D eigenvalue weighted by molar-refractivity contribution is -0.384. The summed E-state index contributed by atoms with van der Waals surface area (Å²) in [5.74, 6) is -0.409. The molecule has 0 radical (unpaired) electrons. The number of non-ortho nitro benzene ring substituents is 1. The minimum atomic E-state index is -4.12. The number of sulfonamides is 1. The average molecular weight is 449 g/mol. The van der Waals surface area contributed by atoms with E-state index < -0.39 is 33.0 Å². The fraction of sp³-hybridized carbons (Fsp3) is 0.350. The van der Waals surface area contributed by atoms with Gasteiger partial charge in [-0.1, -0.05) is 34.8 Å². The number of nitrogens with zero attached hydrogens (tertiary/aromatic N) is 2. The quantitative estimate of drug-likeness (QED) is 0.368. The lowest BCUT2D eigenvalue weighted by Gasteiger charge is -2.35. The lowest BCUT2D eigenvalue weighted by Crippen LogP contribution is -2.53. The molecule has 0 aliphatic carbocycles. The Hall–Kier alpha value is -2.86. The van der Waals surface area contributed by atoms with Crippen LogP contribution in [0.15, 0.2) is 59.5 Å². The number of rotatable bonds is 8. The number of esters is 1. The van der Waals surface area contributed by atoms with Crippen LogP contribution in [-0.2, 0) is 31.0 Å². The van der Waals surface area contributed by atoms with Gasteiger partial charge in [0.1, 0.15) is 6.04 Å². The normalized spacial score (nSPS) is 19.2. The van der Waals surface area contributed by atoms with Crippen LogP contribution in [0.25, 0.3) is 0 Å². The molecule has 1 aliphatic rings. The smallest absolute Gasteiger partial charge is 0.322 e. The zero-order valence-electron chi connectivity index (χ0n) is 16.8. The number of carbonyl (C=O) groups excluding carboxylic acids is 1. The second-order valence-electron chi connectivity index (χ2n) is 6.99. The molecule has 1 saturated heterocycles. The van der Waals surface area contributed by atoms with Crippen molar-refractivity contribution in [3.05, 3.63) is 70.3 Å². The van der Waals surface area contributed by atoms with E-state index in [1.54, 1.807) is 0 Å². The molecule has 0 bridgehead atoms. The Morgan fingerprint density at radius 1 is 1.16 bits per heavy atom. The number of hydrogen-bond acceptors (Lipinski definition) is 8. The molecule has 3 rings (SSSR count). The number of hydrogen-bond donors (Lipinski definition) is 1. The molecule has 0 amide bonds. The average Bonchev–Trinajstić information content (AvgIpc) is 2.79.